The molecule has 0 spiro atoms. The number of hydrogen-bond acceptors (Lipinski definition) is 1. The van der Waals surface area contributed by atoms with Crippen LogP contribution in [0.3, 0.4) is 0 Å². The fourth-order valence-electron chi connectivity index (χ4n) is 1.78. The van der Waals surface area contributed by atoms with Crippen molar-refractivity contribution in [2.24, 2.45) is 0 Å². The molecule has 1 aromatic carbocycles. The van der Waals surface area contributed by atoms with Crippen LogP contribution in [0.1, 0.15) is 19.3 Å². The summed E-state index contributed by atoms with van der Waals surface area (Å²) >= 11 is 0. The molecule has 0 bridgehead atoms. The normalized spacial score (nSPS) is 20.3. The van der Waals surface area contributed by atoms with Crippen LogP contribution in [0.25, 0.3) is 0 Å². The lowest BCUT2D eigenvalue weighted by Crippen LogP contribution is -2.18. The van der Waals surface area contributed by atoms with E-state index in [1.165, 1.54) is 12.1 Å². The molecule has 3 heteroatoms. The lowest BCUT2D eigenvalue weighted by molar-refractivity contribution is 0.583. The molecule has 1 N–H and O–H groups in total. The summed E-state index contributed by atoms with van der Waals surface area (Å²) < 4.78 is 25.8. The van der Waals surface area contributed by atoms with Crippen LogP contribution in [-0.4, -0.2) is 6.04 Å². The van der Waals surface area contributed by atoms with Crippen LogP contribution >= 0.6 is 0 Å². The van der Waals surface area contributed by atoms with E-state index < -0.39 is 11.6 Å². The molecule has 2 rings (SSSR count). The van der Waals surface area contributed by atoms with Gasteiger partial charge in [0.2, 0.25) is 0 Å². The lowest BCUT2D eigenvalue weighted by atomic mass is 10.0. The third kappa shape index (κ3) is 2.78. The van der Waals surface area contributed by atoms with Crippen molar-refractivity contribution in [3.8, 4) is 0 Å². The number of rotatable bonds is 2. The maximum Gasteiger partial charge on any atom is 0.128 e. The molecule has 0 saturated carbocycles. The average Bonchev–Trinajstić information content (AvgIpc) is 2.17. The Bertz CT molecular complexity index is 354. The Balaban J connectivity index is 2.09. The third-order valence-corrected chi connectivity index (χ3v) is 2.47. The van der Waals surface area contributed by atoms with Crippen LogP contribution < -0.4 is 5.32 Å². The second-order valence-corrected chi connectivity index (χ2v) is 3.77. The molecule has 1 atom stereocenters. The molecule has 1 aliphatic carbocycles. The van der Waals surface area contributed by atoms with Gasteiger partial charge in [0.25, 0.3) is 0 Å². The Kier molecular flexibility index (Phi) is 2.99. The van der Waals surface area contributed by atoms with Crippen LogP contribution in [0.5, 0.6) is 0 Å². The van der Waals surface area contributed by atoms with Gasteiger partial charge in [-0.25, -0.2) is 8.78 Å². The highest BCUT2D eigenvalue weighted by Crippen LogP contribution is 2.18. The van der Waals surface area contributed by atoms with Gasteiger partial charge in [-0.3, -0.25) is 0 Å². The van der Waals surface area contributed by atoms with E-state index in [1.54, 1.807) is 0 Å². The molecule has 0 fully saturated rings. The quantitative estimate of drug-likeness (QED) is 0.735. The second-order valence-electron chi connectivity index (χ2n) is 3.77. The van der Waals surface area contributed by atoms with Gasteiger partial charge in [-0.2, -0.15) is 0 Å². The first-order valence-electron chi connectivity index (χ1n) is 5.13. The molecule has 1 aliphatic rings. The SMILES string of the molecule is Fc1cc(F)cc(NC2C=CCCC2)c1. The van der Waals surface area contributed by atoms with E-state index in [0.29, 0.717) is 5.69 Å². The Labute approximate surface area is 87.8 Å². The molecule has 0 aliphatic heterocycles. The van der Waals surface area contributed by atoms with Crippen LogP contribution in [-0.2, 0) is 0 Å². The molecule has 0 heterocycles. The zero-order valence-corrected chi connectivity index (χ0v) is 8.34. The van der Waals surface area contributed by atoms with Crippen molar-refractivity contribution in [1.82, 2.24) is 0 Å². The highest BCUT2D eigenvalue weighted by atomic mass is 19.1. The summed E-state index contributed by atoms with van der Waals surface area (Å²) in [5.41, 5.74) is 0.504. The van der Waals surface area contributed by atoms with Crippen molar-refractivity contribution >= 4 is 5.69 Å². The number of anilines is 1. The maximum absolute atomic E-state index is 12.9. The van der Waals surface area contributed by atoms with E-state index in [4.69, 9.17) is 0 Å². The predicted octanol–water partition coefficient (Wildman–Crippen LogP) is 3.49. The van der Waals surface area contributed by atoms with Gasteiger partial charge in [0.1, 0.15) is 11.6 Å². The van der Waals surface area contributed by atoms with Crippen molar-refractivity contribution in [2.45, 2.75) is 25.3 Å². The number of nitrogens with one attached hydrogen (secondary N) is 1. The molecule has 0 aromatic heterocycles. The fraction of sp³-hybridized carbons (Fsp3) is 0.333. The summed E-state index contributed by atoms with van der Waals surface area (Å²) in [5, 5.41) is 3.10. The van der Waals surface area contributed by atoms with Gasteiger partial charge in [-0.05, 0) is 31.4 Å². The highest BCUT2D eigenvalue weighted by molar-refractivity contribution is 5.45. The highest BCUT2D eigenvalue weighted by Gasteiger charge is 2.08. The van der Waals surface area contributed by atoms with Crippen molar-refractivity contribution < 1.29 is 8.78 Å². The summed E-state index contributed by atoms with van der Waals surface area (Å²) in [6, 6.07) is 3.69. The molecule has 1 nitrogen and oxygen atoms in total. The lowest BCUT2D eigenvalue weighted by Gasteiger charge is -2.19. The minimum absolute atomic E-state index is 0.194. The van der Waals surface area contributed by atoms with E-state index in [0.717, 1.165) is 25.3 Å². The van der Waals surface area contributed by atoms with Crippen LogP contribution in [0.15, 0.2) is 30.4 Å². The van der Waals surface area contributed by atoms with Gasteiger partial charge in [0.05, 0.1) is 0 Å². The topological polar surface area (TPSA) is 12.0 Å². The molecule has 0 amide bonds. The van der Waals surface area contributed by atoms with Gasteiger partial charge < -0.3 is 5.32 Å². The van der Waals surface area contributed by atoms with E-state index in [9.17, 15) is 8.78 Å². The zero-order valence-electron chi connectivity index (χ0n) is 8.34. The van der Waals surface area contributed by atoms with Gasteiger partial charge in [-0.1, -0.05) is 12.2 Å². The number of benzene rings is 1. The summed E-state index contributed by atoms with van der Waals surface area (Å²) in [6.07, 6.45) is 7.36. The van der Waals surface area contributed by atoms with Crippen molar-refractivity contribution in [3.05, 3.63) is 42.0 Å². The van der Waals surface area contributed by atoms with E-state index >= 15 is 0 Å². The van der Waals surface area contributed by atoms with E-state index in [2.05, 4.69) is 11.4 Å². The predicted molar refractivity (Wildman–Crippen MR) is 56.8 cm³/mol. The maximum atomic E-state index is 12.9. The first kappa shape index (κ1) is 10.1. The number of hydrogen-bond donors (Lipinski definition) is 1. The summed E-state index contributed by atoms with van der Waals surface area (Å²) in [6.45, 7) is 0. The van der Waals surface area contributed by atoms with Crippen LogP contribution in [0.4, 0.5) is 14.5 Å². The molecule has 1 aromatic rings. The Morgan fingerprint density at radius 3 is 2.47 bits per heavy atom. The number of halogens is 2. The van der Waals surface area contributed by atoms with Gasteiger partial charge in [0.15, 0.2) is 0 Å². The van der Waals surface area contributed by atoms with Gasteiger partial charge >= 0.3 is 0 Å². The minimum atomic E-state index is -0.544. The first-order valence-corrected chi connectivity index (χ1v) is 5.13. The largest absolute Gasteiger partial charge is 0.379 e. The average molecular weight is 209 g/mol. The zero-order chi connectivity index (χ0) is 10.7. The Morgan fingerprint density at radius 2 is 1.87 bits per heavy atom. The van der Waals surface area contributed by atoms with E-state index in [1.807, 2.05) is 6.08 Å². The van der Waals surface area contributed by atoms with Crippen LogP contribution in [0, 0.1) is 11.6 Å². The monoisotopic (exact) mass is 209 g/mol. The van der Waals surface area contributed by atoms with Crippen molar-refractivity contribution in [3.63, 3.8) is 0 Å². The number of allylic oxidation sites excluding steroid dienone is 1. The fourth-order valence-corrected chi connectivity index (χ4v) is 1.78. The van der Waals surface area contributed by atoms with Gasteiger partial charge in [0, 0.05) is 17.8 Å². The molecular weight excluding hydrogens is 196 g/mol. The molecule has 80 valence electrons. The van der Waals surface area contributed by atoms with E-state index in [-0.39, 0.29) is 6.04 Å². The van der Waals surface area contributed by atoms with Crippen molar-refractivity contribution in [2.75, 3.05) is 5.32 Å². The van der Waals surface area contributed by atoms with Gasteiger partial charge in [-0.15, -0.1) is 0 Å². The molecule has 0 radical (unpaired) electrons. The summed E-state index contributed by atoms with van der Waals surface area (Å²) in [5.74, 6) is -1.09. The second kappa shape index (κ2) is 4.43. The molecule has 0 saturated heterocycles. The Hall–Kier alpha value is -1.38. The standard InChI is InChI=1S/C12H13F2N/c13-9-6-10(14)8-12(7-9)15-11-4-2-1-3-5-11/h2,4,6-8,11,15H,1,3,5H2. The Morgan fingerprint density at radius 1 is 1.13 bits per heavy atom. The summed E-state index contributed by atoms with van der Waals surface area (Å²) in [7, 11) is 0. The molecular formula is C12H13F2N. The molecule has 1 unspecified atom stereocenters. The first-order chi connectivity index (χ1) is 7.24. The van der Waals surface area contributed by atoms with Crippen molar-refractivity contribution in [1.29, 1.82) is 0 Å². The third-order valence-electron chi connectivity index (χ3n) is 2.47. The smallest absolute Gasteiger partial charge is 0.128 e. The van der Waals surface area contributed by atoms with Crippen LogP contribution in [0.2, 0.25) is 0 Å². The minimum Gasteiger partial charge on any atom is -0.379 e. The summed E-state index contributed by atoms with van der Waals surface area (Å²) in [4.78, 5) is 0. The molecule has 15 heavy (non-hydrogen) atoms.